The van der Waals surface area contributed by atoms with Gasteiger partial charge in [-0.1, -0.05) is 43.3 Å². The number of halogens is 2. The maximum atomic E-state index is 17.5. The van der Waals surface area contributed by atoms with Crippen molar-refractivity contribution in [2.24, 2.45) is 22.7 Å². The van der Waals surface area contributed by atoms with Crippen molar-refractivity contribution >= 4 is 23.3 Å². The highest BCUT2D eigenvalue weighted by Gasteiger charge is 2.80. The van der Waals surface area contributed by atoms with E-state index in [0.29, 0.717) is 11.3 Å². The van der Waals surface area contributed by atoms with Crippen molar-refractivity contribution in [2.45, 2.75) is 79.7 Å². The number of hydrogen-bond acceptors (Lipinski definition) is 8. The summed E-state index contributed by atoms with van der Waals surface area (Å²) in [6.45, 7) is 2.47. The minimum absolute atomic E-state index is 0.0343. The first-order chi connectivity index (χ1) is 21.4. The highest BCUT2D eigenvalue weighted by atomic mass is 32.2. The molecule has 5 aliphatic rings. The number of hydrogen-bond donors (Lipinski definition) is 3. The number of rotatable bonds is 6. The summed E-state index contributed by atoms with van der Waals surface area (Å²) in [6.07, 6.45) is -1.46. The lowest BCUT2D eigenvalue weighted by Gasteiger charge is -2.63. The highest BCUT2D eigenvalue weighted by molar-refractivity contribution is 7.98. The molecule has 4 aliphatic carbocycles. The van der Waals surface area contributed by atoms with Crippen LogP contribution in [0.25, 0.3) is 0 Å². The molecule has 2 aromatic rings. The summed E-state index contributed by atoms with van der Waals surface area (Å²) in [6, 6.07) is 14.6. The molecule has 45 heavy (non-hydrogen) atoms. The van der Waals surface area contributed by atoms with Crippen LogP contribution in [-0.2, 0) is 24.8 Å². The van der Waals surface area contributed by atoms with Gasteiger partial charge in [0.1, 0.15) is 18.5 Å². The van der Waals surface area contributed by atoms with E-state index < -0.39 is 76.8 Å². The molecule has 10 heteroatoms. The van der Waals surface area contributed by atoms with E-state index in [4.69, 9.17) is 9.47 Å². The van der Waals surface area contributed by atoms with E-state index in [-0.39, 0.29) is 30.6 Å². The van der Waals surface area contributed by atoms with E-state index in [9.17, 15) is 24.9 Å². The zero-order valence-corrected chi connectivity index (χ0v) is 25.8. The van der Waals surface area contributed by atoms with Gasteiger partial charge in [-0.3, -0.25) is 9.59 Å². The monoisotopic (exact) mass is 638 g/mol. The lowest BCUT2D eigenvalue weighted by Crippen LogP contribution is -2.70. The average molecular weight is 639 g/mol. The summed E-state index contributed by atoms with van der Waals surface area (Å²) >= 11 is 1.57. The van der Waals surface area contributed by atoms with Crippen LogP contribution < -0.4 is 0 Å². The molecule has 7 nitrogen and oxygen atoms in total. The number of aliphatic hydroxyl groups is 2. The van der Waals surface area contributed by atoms with Crippen LogP contribution in [0.3, 0.4) is 0 Å². The molecular weight excluding hydrogens is 602 g/mol. The molecule has 238 valence electrons. The maximum absolute atomic E-state index is 17.5. The Balaban J connectivity index is 1.18. The van der Waals surface area contributed by atoms with Crippen molar-refractivity contribution in [1.29, 1.82) is 0 Å². The van der Waals surface area contributed by atoms with Gasteiger partial charge in [-0.05, 0) is 73.6 Å². The smallest absolute Gasteiger partial charge is 0.193 e. The van der Waals surface area contributed by atoms with E-state index in [1.165, 1.54) is 19.1 Å². The number of phenolic OH excluding ortho intramolecular Hbond substituents is 1. The van der Waals surface area contributed by atoms with E-state index in [1.807, 2.05) is 30.3 Å². The Hall–Kier alpha value is -2.89. The molecule has 10 atom stereocenters. The quantitative estimate of drug-likeness (QED) is 0.364. The second-order valence-electron chi connectivity index (χ2n) is 13.5. The predicted octanol–water partition coefficient (Wildman–Crippen LogP) is 5.33. The van der Waals surface area contributed by atoms with Crippen LogP contribution in [0, 0.1) is 22.7 Å². The fourth-order valence-corrected chi connectivity index (χ4v) is 10.1. The summed E-state index contributed by atoms with van der Waals surface area (Å²) in [5, 5.41) is 31.5. The van der Waals surface area contributed by atoms with Crippen LogP contribution >= 0.6 is 11.8 Å². The van der Waals surface area contributed by atoms with Crippen LogP contribution in [0.5, 0.6) is 5.75 Å². The Morgan fingerprint density at radius 2 is 1.87 bits per heavy atom. The number of fused-ring (bicyclic) bond motifs is 7. The molecule has 3 saturated carbocycles. The molecule has 4 fully saturated rings. The van der Waals surface area contributed by atoms with Crippen molar-refractivity contribution < 1.29 is 43.2 Å². The first-order valence-electron chi connectivity index (χ1n) is 15.3. The number of carbonyl (C=O) groups excluding carboxylic acids is 2. The molecule has 1 aliphatic heterocycles. The topological polar surface area (TPSA) is 113 Å². The number of aromatic hydroxyl groups is 1. The van der Waals surface area contributed by atoms with Crippen LogP contribution in [0.15, 0.2) is 77.2 Å². The number of ether oxygens (including phenoxy) is 2. The normalized spacial score (nSPS) is 41.6. The molecule has 2 aromatic carbocycles. The zero-order chi connectivity index (χ0) is 31.9. The molecule has 3 N–H and O–H groups in total. The van der Waals surface area contributed by atoms with Gasteiger partial charge in [0.05, 0.1) is 12.2 Å². The largest absolute Gasteiger partial charge is 0.508 e. The maximum Gasteiger partial charge on any atom is 0.193 e. The van der Waals surface area contributed by atoms with Gasteiger partial charge in [0.25, 0.3) is 0 Å². The van der Waals surface area contributed by atoms with Gasteiger partial charge in [-0.15, -0.1) is 11.8 Å². The van der Waals surface area contributed by atoms with Crippen molar-refractivity contribution in [3.63, 3.8) is 0 Å². The molecule has 0 spiro atoms. The van der Waals surface area contributed by atoms with Crippen molar-refractivity contribution in [1.82, 2.24) is 0 Å². The number of thioether (sulfide) groups is 1. The summed E-state index contributed by atoms with van der Waals surface area (Å²) in [7, 11) is 0. The molecule has 1 heterocycles. The molecular formula is C35H36F2O7S. The average Bonchev–Trinajstić information content (AvgIpc) is 3.52. The zero-order valence-electron chi connectivity index (χ0n) is 25.0. The number of aliphatic hydroxyl groups excluding tert-OH is 2. The van der Waals surface area contributed by atoms with E-state index in [0.717, 1.165) is 16.5 Å². The highest BCUT2D eigenvalue weighted by Crippen LogP contribution is 2.72. The van der Waals surface area contributed by atoms with Gasteiger partial charge in [0.2, 0.25) is 0 Å². The molecule has 0 bridgehead atoms. The van der Waals surface area contributed by atoms with Crippen molar-refractivity contribution in [3.8, 4) is 5.75 Å². The fraction of sp³-hybridized carbons (Fsp3) is 0.486. The Morgan fingerprint density at radius 3 is 2.58 bits per heavy atom. The summed E-state index contributed by atoms with van der Waals surface area (Å²) in [5.41, 5.74) is -4.96. The molecule has 0 amide bonds. The minimum Gasteiger partial charge on any atom is -0.508 e. The second kappa shape index (κ2) is 10.6. The van der Waals surface area contributed by atoms with Gasteiger partial charge in [0, 0.05) is 33.0 Å². The number of phenols is 1. The van der Waals surface area contributed by atoms with Crippen LogP contribution in [0.2, 0.25) is 0 Å². The van der Waals surface area contributed by atoms with Gasteiger partial charge < -0.3 is 24.8 Å². The van der Waals surface area contributed by atoms with E-state index in [2.05, 4.69) is 0 Å². The van der Waals surface area contributed by atoms with Crippen molar-refractivity contribution in [3.05, 3.63) is 83.5 Å². The summed E-state index contributed by atoms with van der Waals surface area (Å²) in [4.78, 5) is 26.8. The summed E-state index contributed by atoms with van der Waals surface area (Å²) < 4.78 is 46.3. The third kappa shape index (κ3) is 4.22. The number of benzene rings is 2. The Kier molecular flexibility index (Phi) is 7.22. The van der Waals surface area contributed by atoms with E-state index in [1.54, 1.807) is 36.9 Å². The molecule has 0 aromatic heterocycles. The summed E-state index contributed by atoms with van der Waals surface area (Å²) in [5.74, 6) is -1.77. The lowest BCUT2D eigenvalue weighted by atomic mass is 9.44. The molecule has 7 rings (SSSR count). The Labute approximate surface area is 264 Å². The predicted molar refractivity (Wildman–Crippen MR) is 162 cm³/mol. The molecule has 0 unspecified atom stereocenters. The first-order valence-corrected chi connectivity index (χ1v) is 16.3. The molecule has 1 saturated heterocycles. The number of alkyl halides is 2. The third-order valence-electron chi connectivity index (χ3n) is 11.4. The lowest BCUT2D eigenvalue weighted by molar-refractivity contribution is -0.235. The Morgan fingerprint density at radius 1 is 1.11 bits per heavy atom. The second-order valence-corrected chi connectivity index (χ2v) is 14.6. The Bertz CT molecular complexity index is 1610. The van der Waals surface area contributed by atoms with Gasteiger partial charge in [0.15, 0.2) is 29.1 Å². The van der Waals surface area contributed by atoms with Crippen LogP contribution in [0.4, 0.5) is 8.78 Å². The van der Waals surface area contributed by atoms with Crippen LogP contribution in [0.1, 0.15) is 50.5 Å². The minimum atomic E-state index is -2.30. The van der Waals surface area contributed by atoms with Gasteiger partial charge in [-0.2, -0.15) is 0 Å². The third-order valence-corrected chi connectivity index (χ3v) is 12.5. The van der Waals surface area contributed by atoms with Gasteiger partial charge in [-0.25, -0.2) is 8.78 Å². The standard InChI is InChI=1S/C35H36F2O7S/c1-32-11-10-22(40)13-26(32)27(36)14-25-24-15-30-35(29(42)17-38,33(24,2)16-28(41)34(25,32)37)44-31(43-30)20-8-6-19(7-9-20)18-45-23-5-3-4-21(39)12-23/h3-13,24-25,27-28,30-31,38-39,41H,14-18H2,1-2H3/t24-,25-,27-,28-,30+,31+,32-,33-,34-,35+/m0/s1. The number of allylic oxidation sites excluding steroid dienone is 4. The first kappa shape index (κ1) is 30.7. The SMILES string of the molecule is C[C@]12C=CC(=O)C=C1[C@@H](F)C[C@H]1[C@@H]3C[C@H]4O[C@@H](c5ccc(CSc6cccc(O)c6)cc5)O[C@@]4(C(=O)CO)[C@@]3(C)C[C@H](O)[C@@]12F. The van der Waals surface area contributed by atoms with Crippen LogP contribution in [-0.4, -0.2) is 63.1 Å². The number of carbonyl (C=O) groups is 2. The van der Waals surface area contributed by atoms with Crippen molar-refractivity contribution in [2.75, 3.05) is 6.61 Å². The van der Waals surface area contributed by atoms with E-state index >= 15 is 8.78 Å². The fourth-order valence-electron chi connectivity index (χ4n) is 9.23. The number of ketones is 2. The van der Waals surface area contributed by atoms with Gasteiger partial charge >= 0.3 is 0 Å². The molecule has 0 radical (unpaired) electrons. The number of Topliss-reactive ketones (excluding diaryl/α,β-unsaturated/α-hetero) is 1.